The summed E-state index contributed by atoms with van der Waals surface area (Å²) >= 11 is 0. The standard InChI is InChI=1S/C10H14F2N4O/c11-8(12)6-16(4-5-17)10-7(9(13)14)2-1-3-15-10/h1-3,8,17H,4-6H2,(H3,13,14). The Labute approximate surface area is 97.4 Å². The highest BCUT2D eigenvalue weighted by Crippen LogP contribution is 2.17. The quantitative estimate of drug-likeness (QED) is 0.500. The molecule has 0 aliphatic heterocycles. The van der Waals surface area contributed by atoms with E-state index in [1.54, 1.807) is 6.07 Å². The van der Waals surface area contributed by atoms with Gasteiger partial charge in [0, 0.05) is 12.7 Å². The molecular formula is C10H14F2N4O. The van der Waals surface area contributed by atoms with Crippen LogP contribution >= 0.6 is 0 Å². The van der Waals surface area contributed by atoms with Gasteiger partial charge in [-0.3, -0.25) is 5.41 Å². The van der Waals surface area contributed by atoms with Crippen molar-refractivity contribution < 1.29 is 13.9 Å². The number of rotatable bonds is 6. The molecule has 0 fully saturated rings. The molecule has 0 aliphatic rings. The number of nitrogens with zero attached hydrogens (tertiary/aromatic N) is 2. The Morgan fingerprint density at radius 2 is 2.29 bits per heavy atom. The van der Waals surface area contributed by atoms with Crippen molar-refractivity contribution in [3.8, 4) is 0 Å². The Morgan fingerprint density at radius 3 is 2.82 bits per heavy atom. The molecule has 7 heteroatoms. The summed E-state index contributed by atoms with van der Waals surface area (Å²) < 4.78 is 24.8. The summed E-state index contributed by atoms with van der Waals surface area (Å²) in [7, 11) is 0. The van der Waals surface area contributed by atoms with E-state index >= 15 is 0 Å². The van der Waals surface area contributed by atoms with Gasteiger partial charge in [-0.25, -0.2) is 13.8 Å². The fraction of sp³-hybridized carbons (Fsp3) is 0.400. The van der Waals surface area contributed by atoms with Crippen molar-refractivity contribution in [2.24, 2.45) is 5.73 Å². The maximum atomic E-state index is 12.4. The Balaban J connectivity index is 3.04. The fourth-order valence-corrected chi connectivity index (χ4v) is 1.43. The molecular weight excluding hydrogens is 230 g/mol. The molecule has 94 valence electrons. The summed E-state index contributed by atoms with van der Waals surface area (Å²) in [5.41, 5.74) is 5.63. The highest BCUT2D eigenvalue weighted by Gasteiger charge is 2.17. The number of amidine groups is 1. The summed E-state index contributed by atoms with van der Waals surface area (Å²) in [5.74, 6) is -0.0559. The summed E-state index contributed by atoms with van der Waals surface area (Å²) in [6.45, 7) is -0.819. The molecule has 17 heavy (non-hydrogen) atoms. The van der Waals surface area contributed by atoms with Crippen molar-refractivity contribution in [1.29, 1.82) is 5.41 Å². The molecule has 1 aromatic rings. The third-order valence-electron chi connectivity index (χ3n) is 2.10. The van der Waals surface area contributed by atoms with Gasteiger partial charge in [0.1, 0.15) is 11.7 Å². The monoisotopic (exact) mass is 244 g/mol. The molecule has 0 saturated carbocycles. The van der Waals surface area contributed by atoms with Gasteiger partial charge >= 0.3 is 0 Å². The van der Waals surface area contributed by atoms with E-state index in [0.717, 1.165) is 0 Å². The number of anilines is 1. The normalized spacial score (nSPS) is 10.6. The molecule has 0 atom stereocenters. The van der Waals surface area contributed by atoms with Crippen molar-refractivity contribution in [2.75, 3.05) is 24.6 Å². The third kappa shape index (κ3) is 3.63. The van der Waals surface area contributed by atoms with Crippen LogP contribution in [0.3, 0.4) is 0 Å². The van der Waals surface area contributed by atoms with E-state index in [4.69, 9.17) is 16.2 Å². The average Bonchev–Trinajstić information content (AvgIpc) is 2.28. The third-order valence-corrected chi connectivity index (χ3v) is 2.10. The lowest BCUT2D eigenvalue weighted by atomic mass is 10.2. The second-order valence-corrected chi connectivity index (χ2v) is 3.35. The molecule has 0 unspecified atom stereocenters. The number of nitrogens with one attached hydrogen (secondary N) is 1. The number of hydrogen-bond acceptors (Lipinski definition) is 4. The number of aliphatic hydroxyl groups excluding tert-OH is 1. The first-order valence-electron chi connectivity index (χ1n) is 4.99. The molecule has 1 heterocycles. The van der Waals surface area contributed by atoms with Crippen LogP contribution in [0.15, 0.2) is 18.3 Å². The number of nitrogen functional groups attached to an aromatic ring is 1. The predicted octanol–water partition coefficient (Wildman–Crippen LogP) is 0.429. The zero-order valence-corrected chi connectivity index (χ0v) is 9.11. The van der Waals surface area contributed by atoms with E-state index in [-0.39, 0.29) is 30.4 Å². The van der Waals surface area contributed by atoms with Crippen LogP contribution in [0.1, 0.15) is 5.56 Å². The lowest BCUT2D eigenvalue weighted by Gasteiger charge is -2.24. The molecule has 1 rings (SSSR count). The van der Waals surface area contributed by atoms with Crippen LogP contribution in [0.4, 0.5) is 14.6 Å². The van der Waals surface area contributed by atoms with E-state index in [0.29, 0.717) is 0 Å². The highest BCUT2D eigenvalue weighted by molar-refractivity contribution is 5.99. The number of alkyl halides is 2. The van der Waals surface area contributed by atoms with Gasteiger partial charge in [0.2, 0.25) is 0 Å². The van der Waals surface area contributed by atoms with Crippen molar-refractivity contribution >= 4 is 11.7 Å². The zero-order valence-electron chi connectivity index (χ0n) is 9.11. The van der Waals surface area contributed by atoms with Gasteiger partial charge in [0.25, 0.3) is 6.43 Å². The van der Waals surface area contributed by atoms with E-state index in [1.807, 2.05) is 0 Å². The fourth-order valence-electron chi connectivity index (χ4n) is 1.43. The Hall–Kier alpha value is -1.76. The van der Waals surface area contributed by atoms with Crippen molar-refractivity contribution in [1.82, 2.24) is 4.98 Å². The van der Waals surface area contributed by atoms with Crippen LogP contribution < -0.4 is 10.6 Å². The van der Waals surface area contributed by atoms with E-state index < -0.39 is 13.0 Å². The number of hydrogen-bond donors (Lipinski definition) is 3. The van der Waals surface area contributed by atoms with Gasteiger partial charge in [-0.1, -0.05) is 0 Å². The number of aromatic nitrogens is 1. The maximum absolute atomic E-state index is 12.4. The summed E-state index contributed by atoms with van der Waals surface area (Å²) in [6, 6.07) is 3.10. The molecule has 4 N–H and O–H groups in total. The molecule has 1 aromatic heterocycles. The zero-order chi connectivity index (χ0) is 12.8. The Bertz CT molecular complexity index is 386. The SMILES string of the molecule is N=C(N)c1cccnc1N(CCO)CC(F)F. The molecule has 5 nitrogen and oxygen atoms in total. The topological polar surface area (TPSA) is 86.2 Å². The van der Waals surface area contributed by atoms with Crippen LogP contribution in [-0.4, -0.2) is 42.0 Å². The molecule has 0 aromatic carbocycles. The second-order valence-electron chi connectivity index (χ2n) is 3.35. The maximum Gasteiger partial charge on any atom is 0.255 e. The van der Waals surface area contributed by atoms with Gasteiger partial charge in [-0.2, -0.15) is 0 Å². The predicted molar refractivity (Wildman–Crippen MR) is 60.6 cm³/mol. The van der Waals surface area contributed by atoms with Gasteiger partial charge in [0.05, 0.1) is 18.7 Å². The summed E-state index contributed by atoms with van der Waals surface area (Å²) in [5, 5.41) is 16.2. The van der Waals surface area contributed by atoms with Crippen LogP contribution in [0.2, 0.25) is 0 Å². The summed E-state index contributed by atoms with van der Waals surface area (Å²) in [6.07, 6.45) is -1.12. The van der Waals surface area contributed by atoms with Crippen molar-refractivity contribution in [3.63, 3.8) is 0 Å². The number of aliphatic hydroxyl groups is 1. The first-order valence-corrected chi connectivity index (χ1v) is 4.99. The smallest absolute Gasteiger partial charge is 0.255 e. The minimum Gasteiger partial charge on any atom is -0.395 e. The van der Waals surface area contributed by atoms with Gasteiger partial charge in [-0.05, 0) is 12.1 Å². The van der Waals surface area contributed by atoms with Crippen LogP contribution in [0, 0.1) is 5.41 Å². The van der Waals surface area contributed by atoms with Crippen molar-refractivity contribution in [3.05, 3.63) is 23.9 Å². The molecule has 0 bridgehead atoms. The second kappa shape index (κ2) is 6.09. The van der Waals surface area contributed by atoms with Gasteiger partial charge in [-0.15, -0.1) is 0 Å². The lowest BCUT2D eigenvalue weighted by molar-refractivity contribution is 0.152. The number of pyridine rings is 1. The molecule has 0 saturated heterocycles. The Kier molecular flexibility index (Phi) is 4.77. The molecule has 0 spiro atoms. The minimum absolute atomic E-state index is 0.0155. The van der Waals surface area contributed by atoms with Crippen LogP contribution in [0.25, 0.3) is 0 Å². The lowest BCUT2D eigenvalue weighted by Crippen LogP contribution is -2.34. The number of nitrogens with two attached hydrogens (primary N) is 1. The average molecular weight is 244 g/mol. The largest absolute Gasteiger partial charge is 0.395 e. The van der Waals surface area contributed by atoms with E-state index in [9.17, 15) is 8.78 Å². The molecule has 0 amide bonds. The van der Waals surface area contributed by atoms with Crippen molar-refractivity contribution in [2.45, 2.75) is 6.43 Å². The molecule has 0 aliphatic carbocycles. The summed E-state index contributed by atoms with van der Waals surface area (Å²) in [4.78, 5) is 5.14. The highest BCUT2D eigenvalue weighted by atomic mass is 19.3. The Morgan fingerprint density at radius 1 is 1.59 bits per heavy atom. The van der Waals surface area contributed by atoms with Gasteiger partial charge in [0.15, 0.2) is 0 Å². The number of halogens is 2. The van der Waals surface area contributed by atoms with E-state index in [1.165, 1.54) is 17.2 Å². The van der Waals surface area contributed by atoms with E-state index in [2.05, 4.69) is 4.98 Å². The van der Waals surface area contributed by atoms with Gasteiger partial charge < -0.3 is 15.7 Å². The first kappa shape index (κ1) is 13.3. The van der Waals surface area contributed by atoms with Crippen LogP contribution in [0.5, 0.6) is 0 Å². The molecule has 0 radical (unpaired) electrons. The minimum atomic E-state index is -2.55. The van der Waals surface area contributed by atoms with Crippen LogP contribution in [-0.2, 0) is 0 Å². The first-order chi connectivity index (χ1) is 8.06.